The van der Waals surface area contributed by atoms with Crippen LogP contribution >= 0.6 is 38.5 Å². The van der Waals surface area contributed by atoms with Crippen molar-refractivity contribution in [1.29, 1.82) is 0 Å². The van der Waals surface area contributed by atoms with Gasteiger partial charge in [0, 0.05) is 16.7 Å². The zero-order chi connectivity index (χ0) is 10.1. The average Bonchev–Trinajstić information content (AvgIpc) is 2.65. The van der Waals surface area contributed by atoms with Crippen LogP contribution in [0.5, 0.6) is 0 Å². The molecule has 1 fully saturated rings. The lowest BCUT2D eigenvalue weighted by Crippen LogP contribution is -2.20. The molecule has 0 unspecified atom stereocenters. The molecule has 4 heteroatoms. The summed E-state index contributed by atoms with van der Waals surface area (Å²) in [6.07, 6.45) is 2.34. The van der Waals surface area contributed by atoms with Crippen molar-refractivity contribution in [3.63, 3.8) is 0 Å². The predicted molar refractivity (Wildman–Crippen MR) is 68.3 cm³/mol. The van der Waals surface area contributed by atoms with E-state index in [1.54, 1.807) is 6.07 Å². The Labute approximate surface area is 105 Å². The summed E-state index contributed by atoms with van der Waals surface area (Å²) in [5.41, 5.74) is 0.762. The van der Waals surface area contributed by atoms with Crippen LogP contribution in [-0.4, -0.2) is 13.1 Å². The Balaban J connectivity index is 2.44. The lowest BCUT2D eigenvalue weighted by molar-refractivity contribution is 0.615. The minimum Gasteiger partial charge on any atom is -0.368 e. The third kappa shape index (κ3) is 1.91. The van der Waals surface area contributed by atoms with E-state index in [-0.39, 0.29) is 5.82 Å². The Morgan fingerprint density at radius 3 is 2.57 bits per heavy atom. The van der Waals surface area contributed by atoms with Gasteiger partial charge in [0.25, 0.3) is 0 Å². The number of anilines is 1. The Bertz CT molecular complexity index is 350. The first-order chi connectivity index (χ1) is 6.70. The zero-order valence-corrected chi connectivity index (χ0v) is 11.3. The summed E-state index contributed by atoms with van der Waals surface area (Å²) in [7, 11) is 0. The van der Waals surface area contributed by atoms with Gasteiger partial charge in [0.05, 0.1) is 10.2 Å². The van der Waals surface area contributed by atoms with Crippen LogP contribution in [0, 0.1) is 9.39 Å². The molecule has 0 aromatic heterocycles. The Hall–Kier alpha value is 0.160. The van der Waals surface area contributed by atoms with Gasteiger partial charge in [-0.2, -0.15) is 0 Å². The summed E-state index contributed by atoms with van der Waals surface area (Å²) < 4.78 is 15.4. The molecule has 0 saturated carbocycles. The van der Waals surface area contributed by atoms with Crippen molar-refractivity contribution < 1.29 is 4.39 Å². The minimum atomic E-state index is -0.126. The molecule has 1 nitrogen and oxygen atoms in total. The highest BCUT2D eigenvalue weighted by atomic mass is 127. The van der Waals surface area contributed by atoms with Crippen LogP contribution in [0.4, 0.5) is 10.1 Å². The molecule has 1 aliphatic heterocycles. The summed E-state index contributed by atoms with van der Waals surface area (Å²) in [6.45, 7) is 1.95. The molecule has 0 bridgehead atoms. The molecule has 0 aliphatic carbocycles. The highest BCUT2D eigenvalue weighted by molar-refractivity contribution is 14.1. The number of hydrogen-bond donors (Lipinski definition) is 0. The number of halogens is 3. The first-order valence-electron chi connectivity index (χ1n) is 4.58. The van der Waals surface area contributed by atoms with Gasteiger partial charge in [0.15, 0.2) is 5.82 Å². The van der Waals surface area contributed by atoms with Crippen molar-refractivity contribution in [3.05, 3.63) is 26.0 Å². The lowest BCUT2D eigenvalue weighted by atomic mass is 10.3. The molecule has 76 valence electrons. The molecule has 1 aromatic carbocycles. The van der Waals surface area contributed by atoms with Crippen LogP contribution in [0.2, 0.25) is 0 Å². The largest absolute Gasteiger partial charge is 0.368 e. The maximum atomic E-state index is 13.8. The normalized spacial score (nSPS) is 16.4. The van der Waals surface area contributed by atoms with E-state index in [2.05, 4.69) is 43.4 Å². The summed E-state index contributed by atoms with van der Waals surface area (Å²) >= 11 is 5.41. The summed E-state index contributed by atoms with van der Waals surface area (Å²) in [5.74, 6) is -0.126. The Morgan fingerprint density at radius 1 is 1.29 bits per heavy atom. The summed E-state index contributed by atoms with van der Waals surface area (Å²) in [4.78, 5) is 2.13. The monoisotopic (exact) mass is 369 g/mol. The maximum Gasteiger partial charge on any atom is 0.161 e. The van der Waals surface area contributed by atoms with Crippen molar-refractivity contribution >= 4 is 44.2 Å². The molecule has 14 heavy (non-hydrogen) atoms. The van der Waals surface area contributed by atoms with E-state index in [9.17, 15) is 4.39 Å². The molecular weight excluding hydrogens is 360 g/mol. The van der Waals surface area contributed by atoms with Gasteiger partial charge in [-0.15, -0.1) is 0 Å². The van der Waals surface area contributed by atoms with E-state index in [0.717, 1.165) is 22.3 Å². The molecule has 0 N–H and O–H groups in total. The highest BCUT2D eigenvalue weighted by Gasteiger charge is 2.20. The van der Waals surface area contributed by atoms with Crippen LogP contribution in [-0.2, 0) is 0 Å². The van der Waals surface area contributed by atoms with E-state index in [4.69, 9.17) is 0 Å². The fourth-order valence-electron chi connectivity index (χ4n) is 1.75. The summed E-state index contributed by atoms with van der Waals surface area (Å²) in [5, 5.41) is 0. The van der Waals surface area contributed by atoms with Crippen molar-refractivity contribution in [2.24, 2.45) is 0 Å². The molecule has 1 heterocycles. The SMILES string of the molecule is Fc1c(Br)ccc(I)c1N1CCCC1. The van der Waals surface area contributed by atoms with E-state index in [1.165, 1.54) is 12.8 Å². The van der Waals surface area contributed by atoms with Gasteiger partial charge < -0.3 is 4.90 Å². The third-order valence-electron chi connectivity index (χ3n) is 2.44. The van der Waals surface area contributed by atoms with Gasteiger partial charge in [0.1, 0.15) is 0 Å². The second-order valence-electron chi connectivity index (χ2n) is 3.39. The van der Waals surface area contributed by atoms with Crippen LogP contribution in [0.1, 0.15) is 12.8 Å². The second-order valence-corrected chi connectivity index (χ2v) is 5.40. The number of rotatable bonds is 1. The van der Waals surface area contributed by atoms with Crippen LogP contribution < -0.4 is 4.90 Å². The molecule has 1 saturated heterocycles. The first-order valence-corrected chi connectivity index (χ1v) is 6.46. The first kappa shape index (κ1) is 10.7. The quantitative estimate of drug-likeness (QED) is 0.537. The maximum absolute atomic E-state index is 13.8. The van der Waals surface area contributed by atoms with Crippen molar-refractivity contribution in [2.45, 2.75) is 12.8 Å². The lowest BCUT2D eigenvalue weighted by Gasteiger charge is -2.20. The number of benzene rings is 1. The molecule has 2 rings (SSSR count). The molecule has 1 aliphatic rings. The van der Waals surface area contributed by atoms with Gasteiger partial charge in [-0.05, 0) is 63.5 Å². The Kier molecular flexibility index (Phi) is 3.31. The van der Waals surface area contributed by atoms with Crippen molar-refractivity contribution in [3.8, 4) is 0 Å². The number of nitrogens with zero attached hydrogens (tertiary/aromatic N) is 1. The fraction of sp³-hybridized carbons (Fsp3) is 0.400. The smallest absolute Gasteiger partial charge is 0.161 e. The minimum absolute atomic E-state index is 0.126. The van der Waals surface area contributed by atoms with Crippen LogP contribution in [0.25, 0.3) is 0 Å². The molecule has 0 spiro atoms. The molecule has 0 radical (unpaired) electrons. The topological polar surface area (TPSA) is 3.24 Å². The van der Waals surface area contributed by atoms with E-state index in [0.29, 0.717) is 4.47 Å². The molecular formula is C10H10BrFIN. The van der Waals surface area contributed by atoms with E-state index < -0.39 is 0 Å². The molecule has 1 aromatic rings. The van der Waals surface area contributed by atoms with Gasteiger partial charge in [-0.25, -0.2) is 4.39 Å². The van der Waals surface area contributed by atoms with Gasteiger partial charge in [-0.3, -0.25) is 0 Å². The third-order valence-corrected chi connectivity index (χ3v) is 3.93. The van der Waals surface area contributed by atoms with Crippen molar-refractivity contribution in [1.82, 2.24) is 0 Å². The molecule has 0 atom stereocenters. The van der Waals surface area contributed by atoms with Gasteiger partial charge in [0.2, 0.25) is 0 Å². The Morgan fingerprint density at radius 2 is 1.93 bits per heavy atom. The summed E-state index contributed by atoms with van der Waals surface area (Å²) in [6, 6.07) is 3.71. The number of hydrogen-bond acceptors (Lipinski definition) is 1. The zero-order valence-electron chi connectivity index (χ0n) is 7.56. The van der Waals surface area contributed by atoms with Gasteiger partial charge >= 0.3 is 0 Å². The molecule has 0 amide bonds. The van der Waals surface area contributed by atoms with Crippen LogP contribution in [0.15, 0.2) is 16.6 Å². The van der Waals surface area contributed by atoms with Crippen LogP contribution in [0.3, 0.4) is 0 Å². The van der Waals surface area contributed by atoms with E-state index in [1.807, 2.05) is 6.07 Å². The standard InChI is InChI=1S/C10H10BrFIN/c11-7-3-4-8(13)10(9(7)12)14-5-1-2-6-14/h3-4H,1-2,5-6H2. The fourth-order valence-corrected chi connectivity index (χ4v) is 2.82. The van der Waals surface area contributed by atoms with Crippen molar-refractivity contribution in [2.75, 3.05) is 18.0 Å². The average molecular weight is 370 g/mol. The van der Waals surface area contributed by atoms with Gasteiger partial charge in [-0.1, -0.05) is 0 Å². The second kappa shape index (κ2) is 4.35. The highest BCUT2D eigenvalue weighted by Crippen LogP contribution is 2.32. The van der Waals surface area contributed by atoms with E-state index >= 15 is 0 Å². The predicted octanol–water partition coefficient (Wildman–Crippen LogP) is 3.79.